The molecule has 0 heterocycles. The van der Waals surface area contributed by atoms with Gasteiger partial charge in [-0.15, -0.1) is 0 Å². The summed E-state index contributed by atoms with van der Waals surface area (Å²) in [5.74, 6) is 1.74. The van der Waals surface area contributed by atoms with E-state index in [0.717, 1.165) is 0 Å². The molecule has 0 bridgehead atoms. The van der Waals surface area contributed by atoms with Crippen LogP contribution in [0.3, 0.4) is 0 Å². The van der Waals surface area contributed by atoms with Gasteiger partial charge in [0.05, 0.1) is 41.1 Å². The summed E-state index contributed by atoms with van der Waals surface area (Å²) in [7, 11) is 7.49. The first-order valence-corrected chi connectivity index (χ1v) is 7.16. The summed E-state index contributed by atoms with van der Waals surface area (Å²) in [5.41, 5.74) is 0.631. The molecule has 0 unspecified atom stereocenters. The maximum atomic E-state index is 13.1. The van der Waals surface area contributed by atoms with E-state index < -0.39 is 0 Å². The third kappa shape index (κ3) is 3.08. The van der Waals surface area contributed by atoms with Crippen LogP contribution in [0.15, 0.2) is 30.3 Å². The summed E-state index contributed by atoms with van der Waals surface area (Å²) in [4.78, 5) is 13.1. The van der Waals surface area contributed by atoms with Crippen molar-refractivity contribution in [2.75, 3.05) is 35.5 Å². The average molecular weight is 332 g/mol. The van der Waals surface area contributed by atoms with E-state index in [1.54, 1.807) is 30.3 Å². The molecule has 0 amide bonds. The zero-order chi connectivity index (χ0) is 17.7. The molecule has 2 aromatic carbocycles. The Morgan fingerprint density at radius 1 is 0.750 bits per heavy atom. The molecular formula is C18H20O6. The van der Waals surface area contributed by atoms with Gasteiger partial charge in [-0.05, 0) is 12.1 Å². The van der Waals surface area contributed by atoms with Crippen LogP contribution in [0, 0.1) is 0 Å². The first kappa shape index (κ1) is 17.5. The van der Waals surface area contributed by atoms with E-state index in [1.165, 1.54) is 35.5 Å². The number of benzene rings is 2. The van der Waals surface area contributed by atoms with Gasteiger partial charge in [0.15, 0.2) is 11.5 Å². The van der Waals surface area contributed by atoms with Crippen molar-refractivity contribution in [2.45, 2.75) is 0 Å². The Labute approximate surface area is 140 Å². The lowest BCUT2D eigenvalue weighted by molar-refractivity contribution is 0.102. The molecule has 0 aliphatic carbocycles. The molecule has 0 fully saturated rings. The molecule has 0 atom stereocenters. The zero-order valence-corrected chi connectivity index (χ0v) is 14.3. The monoisotopic (exact) mass is 332 g/mol. The van der Waals surface area contributed by atoms with Crippen LogP contribution in [0.5, 0.6) is 28.7 Å². The van der Waals surface area contributed by atoms with Gasteiger partial charge in [0.1, 0.15) is 22.8 Å². The van der Waals surface area contributed by atoms with Gasteiger partial charge in [0.25, 0.3) is 0 Å². The highest BCUT2D eigenvalue weighted by Crippen LogP contribution is 2.39. The van der Waals surface area contributed by atoms with Crippen molar-refractivity contribution in [3.8, 4) is 28.7 Å². The van der Waals surface area contributed by atoms with Gasteiger partial charge in [-0.3, -0.25) is 4.79 Å². The van der Waals surface area contributed by atoms with E-state index in [4.69, 9.17) is 23.7 Å². The van der Waals surface area contributed by atoms with Crippen LogP contribution < -0.4 is 23.7 Å². The Kier molecular flexibility index (Phi) is 5.52. The van der Waals surface area contributed by atoms with Gasteiger partial charge >= 0.3 is 0 Å². The number of methoxy groups -OCH3 is 5. The lowest BCUT2D eigenvalue weighted by Crippen LogP contribution is -2.09. The summed E-state index contributed by atoms with van der Waals surface area (Å²) in [5, 5.41) is 0. The molecule has 24 heavy (non-hydrogen) atoms. The van der Waals surface area contributed by atoms with Crippen LogP contribution in [0.2, 0.25) is 0 Å². The molecule has 0 saturated heterocycles. The normalized spacial score (nSPS) is 10.0. The molecule has 0 aliphatic heterocycles. The minimum absolute atomic E-state index is 0.285. The fraction of sp³-hybridized carbons (Fsp3) is 0.278. The number of hydrogen-bond donors (Lipinski definition) is 0. The number of ether oxygens (including phenoxy) is 5. The molecule has 6 heteroatoms. The van der Waals surface area contributed by atoms with Crippen molar-refractivity contribution in [2.24, 2.45) is 0 Å². The smallest absolute Gasteiger partial charge is 0.204 e. The quantitative estimate of drug-likeness (QED) is 0.727. The Balaban J connectivity index is 2.66. The van der Waals surface area contributed by atoms with Crippen molar-refractivity contribution in [1.29, 1.82) is 0 Å². The van der Waals surface area contributed by atoms with Gasteiger partial charge in [-0.25, -0.2) is 0 Å². The molecule has 6 nitrogen and oxygen atoms in total. The van der Waals surface area contributed by atoms with Crippen molar-refractivity contribution < 1.29 is 28.5 Å². The summed E-state index contributed by atoms with van der Waals surface area (Å²) < 4.78 is 26.5. The van der Waals surface area contributed by atoms with Crippen molar-refractivity contribution in [3.05, 3.63) is 41.5 Å². The number of carbonyl (C=O) groups excluding carboxylic acids is 1. The van der Waals surface area contributed by atoms with Crippen LogP contribution in [0.1, 0.15) is 15.9 Å². The van der Waals surface area contributed by atoms with E-state index in [9.17, 15) is 4.79 Å². The van der Waals surface area contributed by atoms with E-state index >= 15 is 0 Å². The Bertz CT molecular complexity index is 713. The second-order valence-electron chi connectivity index (χ2n) is 4.78. The van der Waals surface area contributed by atoms with Crippen molar-refractivity contribution in [1.82, 2.24) is 0 Å². The first-order valence-electron chi connectivity index (χ1n) is 7.16. The third-order valence-corrected chi connectivity index (χ3v) is 3.59. The third-order valence-electron chi connectivity index (χ3n) is 3.59. The van der Waals surface area contributed by atoms with E-state index in [0.29, 0.717) is 34.3 Å². The molecular weight excluding hydrogens is 312 g/mol. The molecule has 0 N–H and O–H groups in total. The predicted octanol–water partition coefficient (Wildman–Crippen LogP) is 2.96. The van der Waals surface area contributed by atoms with E-state index in [2.05, 4.69) is 0 Å². The largest absolute Gasteiger partial charge is 0.496 e. The number of ketones is 1. The maximum absolute atomic E-state index is 13.1. The minimum Gasteiger partial charge on any atom is -0.496 e. The highest BCUT2D eigenvalue weighted by molar-refractivity contribution is 6.14. The van der Waals surface area contributed by atoms with Gasteiger partial charge in [0.2, 0.25) is 5.78 Å². The van der Waals surface area contributed by atoms with Gasteiger partial charge in [-0.2, -0.15) is 0 Å². The fourth-order valence-electron chi connectivity index (χ4n) is 2.43. The van der Waals surface area contributed by atoms with Gasteiger partial charge in [0, 0.05) is 12.1 Å². The molecule has 0 aromatic heterocycles. The average Bonchev–Trinajstić information content (AvgIpc) is 2.65. The zero-order valence-electron chi connectivity index (χ0n) is 14.3. The second kappa shape index (κ2) is 7.59. The standard InChI is InChI=1S/C18H20O6/c1-20-11-9-14(22-3)16(15(10-11)23-4)17(19)12-7-6-8-13(21-2)18(12)24-5/h6-10H,1-5H3. The molecule has 0 radical (unpaired) electrons. The van der Waals surface area contributed by atoms with Gasteiger partial charge < -0.3 is 23.7 Å². The topological polar surface area (TPSA) is 63.2 Å². The highest BCUT2D eigenvalue weighted by Gasteiger charge is 2.25. The van der Waals surface area contributed by atoms with Crippen LogP contribution in [-0.2, 0) is 0 Å². The fourth-order valence-corrected chi connectivity index (χ4v) is 2.43. The second-order valence-corrected chi connectivity index (χ2v) is 4.78. The highest BCUT2D eigenvalue weighted by atomic mass is 16.5. The summed E-state index contributed by atoms with van der Waals surface area (Å²) in [6.07, 6.45) is 0. The van der Waals surface area contributed by atoms with E-state index in [1.807, 2.05) is 0 Å². The lowest BCUT2D eigenvalue weighted by Gasteiger charge is -2.16. The van der Waals surface area contributed by atoms with Crippen LogP contribution in [0.4, 0.5) is 0 Å². The van der Waals surface area contributed by atoms with Crippen molar-refractivity contribution in [3.63, 3.8) is 0 Å². The van der Waals surface area contributed by atoms with Crippen LogP contribution in [-0.4, -0.2) is 41.3 Å². The van der Waals surface area contributed by atoms with Crippen LogP contribution >= 0.6 is 0 Å². The molecule has 0 saturated carbocycles. The molecule has 2 aromatic rings. The summed E-state index contributed by atoms with van der Waals surface area (Å²) in [6.45, 7) is 0. The first-order chi connectivity index (χ1) is 11.6. The summed E-state index contributed by atoms with van der Waals surface area (Å²) in [6, 6.07) is 8.35. The molecule has 128 valence electrons. The number of para-hydroxylation sites is 1. The van der Waals surface area contributed by atoms with Gasteiger partial charge in [-0.1, -0.05) is 6.07 Å². The number of hydrogen-bond acceptors (Lipinski definition) is 6. The molecule has 0 aliphatic rings. The summed E-state index contributed by atoms with van der Waals surface area (Å²) >= 11 is 0. The molecule has 2 rings (SSSR count). The SMILES string of the molecule is COc1cc(OC)c(C(=O)c2cccc(OC)c2OC)c(OC)c1. The van der Waals surface area contributed by atoms with Crippen LogP contribution in [0.25, 0.3) is 0 Å². The minimum atomic E-state index is -0.304. The molecule has 0 spiro atoms. The van der Waals surface area contributed by atoms with E-state index in [-0.39, 0.29) is 11.3 Å². The van der Waals surface area contributed by atoms with Crippen molar-refractivity contribution >= 4 is 5.78 Å². The number of rotatable bonds is 7. The lowest BCUT2D eigenvalue weighted by atomic mass is 9.99. The Morgan fingerprint density at radius 2 is 1.33 bits per heavy atom. The maximum Gasteiger partial charge on any atom is 0.204 e. The Hall–Kier alpha value is -2.89. The number of carbonyl (C=O) groups is 1. The predicted molar refractivity (Wildman–Crippen MR) is 89.1 cm³/mol. The Morgan fingerprint density at radius 3 is 1.79 bits per heavy atom.